The molecule has 0 fully saturated rings. The van der Waals surface area contributed by atoms with E-state index in [1.165, 1.54) is 6.08 Å². The van der Waals surface area contributed by atoms with E-state index in [0.29, 0.717) is 27.9 Å². The minimum absolute atomic E-state index is 0.0987. The highest BCUT2D eigenvalue weighted by atomic mass is 35.5. The largest absolute Gasteiger partial charge is 0.497 e. The maximum atomic E-state index is 12.2. The van der Waals surface area contributed by atoms with Crippen LogP contribution in [0, 0.1) is 0 Å². The molecule has 2 aromatic carbocycles. The number of hydrogen-bond acceptors (Lipinski definition) is 3. The molecule has 0 saturated carbocycles. The van der Waals surface area contributed by atoms with Gasteiger partial charge in [-0.2, -0.15) is 0 Å². The highest BCUT2D eigenvalue weighted by molar-refractivity contribution is 6.30. The quantitative estimate of drug-likeness (QED) is 0.455. The molecule has 0 unspecified atom stereocenters. The van der Waals surface area contributed by atoms with E-state index in [9.17, 15) is 4.79 Å². The molecule has 3 rings (SSSR count). The molecule has 0 saturated heterocycles. The number of carbonyl (C=O) groups is 1. The molecule has 4 heteroatoms. The summed E-state index contributed by atoms with van der Waals surface area (Å²) >= 11 is 5.98. The van der Waals surface area contributed by atoms with Crippen LogP contribution in [0.5, 0.6) is 5.75 Å². The van der Waals surface area contributed by atoms with Crippen molar-refractivity contribution in [2.24, 2.45) is 0 Å². The summed E-state index contributed by atoms with van der Waals surface area (Å²) in [7, 11) is 1.59. The first-order valence-electron chi connectivity index (χ1n) is 7.38. The van der Waals surface area contributed by atoms with Gasteiger partial charge in [0, 0.05) is 16.1 Å². The van der Waals surface area contributed by atoms with Crippen LogP contribution in [-0.2, 0) is 0 Å². The van der Waals surface area contributed by atoms with Crippen molar-refractivity contribution >= 4 is 23.5 Å². The van der Waals surface area contributed by atoms with Gasteiger partial charge in [0.25, 0.3) is 0 Å². The second kappa shape index (κ2) is 7.20. The number of hydrogen-bond donors (Lipinski definition) is 0. The molecular weight excluding hydrogens is 324 g/mol. The third kappa shape index (κ3) is 3.76. The van der Waals surface area contributed by atoms with Gasteiger partial charge in [-0.3, -0.25) is 4.79 Å². The summed E-state index contributed by atoms with van der Waals surface area (Å²) in [5.41, 5.74) is 1.48. The van der Waals surface area contributed by atoms with Crippen LogP contribution in [0.2, 0.25) is 5.02 Å². The third-order valence-corrected chi connectivity index (χ3v) is 3.74. The zero-order valence-electron chi connectivity index (χ0n) is 13.0. The number of halogens is 1. The maximum absolute atomic E-state index is 12.2. The van der Waals surface area contributed by atoms with Crippen LogP contribution >= 0.6 is 11.6 Å². The van der Waals surface area contributed by atoms with Crippen LogP contribution in [0.3, 0.4) is 0 Å². The Balaban J connectivity index is 1.73. The van der Waals surface area contributed by atoms with Gasteiger partial charge in [-0.15, -0.1) is 0 Å². The molecule has 120 valence electrons. The second-order valence-electron chi connectivity index (χ2n) is 5.14. The Morgan fingerprint density at radius 3 is 2.58 bits per heavy atom. The first kappa shape index (κ1) is 16.1. The van der Waals surface area contributed by atoms with Crippen LogP contribution in [0.15, 0.2) is 71.2 Å². The van der Waals surface area contributed by atoms with E-state index in [-0.39, 0.29) is 5.78 Å². The normalized spacial score (nSPS) is 10.9. The number of ether oxygens (including phenoxy) is 1. The van der Waals surface area contributed by atoms with Gasteiger partial charge in [0.15, 0.2) is 5.78 Å². The molecule has 0 amide bonds. The Labute approximate surface area is 145 Å². The van der Waals surface area contributed by atoms with E-state index in [2.05, 4.69) is 0 Å². The van der Waals surface area contributed by atoms with Crippen molar-refractivity contribution in [3.05, 3.63) is 83.1 Å². The van der Waals surface area contributed by atoms with Crippen molar-refractivity contribution in [1.82, 2.24) is 0 Å². The van der Waals surface area contributed by atoms with Crippen molar-refractivity contribution in [1.29, 1.82) is 0 Å². The number of furan rings is 1. The van der Waals surface area contributed by atoms with Gasteiger partial charge in [0.2, 0.25) is 0 Å². The lowest BCUT2D eigenvalue weighted by Crippen LogP contribution is -1.93. The molecule has 0 aliphatic heterocycles. The molecule has 1 heterocycles. The molecule has 0 radical (unpaired) electrons. The van der Waals surface area contributed by atoms with Crippen molar-refractivity contribution in [2.75, 3.05) is 7.11 Å². The van der Waals surface area contributed by atoms with Gasteiger partial charge in [0.1, 0.15) is 17.3 Å². The van der Waals surface area contributed by atoms with Gasteiger partial charge in [-0.1, -0.05) is 23.7 Å². The Kier molecular flexibility index (Phi) is 4.82. The highest BCUT2D eigenvalue weighted by Crippen LogP contribution is 2.25. The predicted octanol–water partition coefficient (Wildman–Crippen LogP) is 5.50. The fourth-order valence-electron chi connectivity index (χ4n) is 2.25. The Hall–Kier alpha value is -2.78. The van der Waals surface area contributed by atoms with Gasteiger partial charge in [-0.25, -0.2) is 0 Å². The van der Waals surface area contributed by atoms with Gasteiger partial charge < -0.3 is 9.15 Å². The fourth-order valence-corrected chi connectivity index (χ4v) is 2.44. The molecule has 0 atom stereocenters. The van der Waals surface area contributed by atoms with Crippen LogP contribution in [0.1, 0.15) is 16.1 Å². The molecule has 0 aliphatic rings. The predicted molar refractivity (Wildman–Crippen MR) is 95.5 cm³/mol. The molecule has 1 aromatic heterocycles. The summed E-state index contributed by atoms with van der Waals surface area (Å²) in [6.45, 7) is 0. The van der Waals surface area contributed by atoms with Crippen LogP contribution in [0.25, 0.3) is 17.4 Å². The third-order valence-electron chi connectivity index (χ3n) is 3.51. The first-order chi connectivity index (χ1) is 11.7. The van der Waals surface area contributed by atoms with Crippen LogP contribution < -0.4 is 4.74 Å². The smallest absolute Gasteiger partial charge is 0.185 e. The minimum Gasteiger partial charge on any atom is -0.497 e. The summed E-state index contributed by atoms with van der Waals surface area (Å²) in [6.07, 6.45) is 3.14. The average Bonchev–Trinajstić information content (AvgIpc) is 3.09. The summed E-state index contributed by atoms with van der Waals surface area (Å²) in [4.78, 5) is 12.2. The summed E-state index contributed by atoms with van der Waals surface area (Å²) in [5, 5.41) is 0.649. The highest BCUT2D eigenvalue weighted by Gasteiger charge is 2.05. The van der Waals surface area contributed by atoms with Crippen LogP contribution in [0.4, 0.5) is 0 Å². The van der Waals surface area contributed by atoms with Gasteiger partial charge >= 0.3 is 0 Å². The van der Waals surface area contributed by atoms with Crippen molar-refractivity contribution < 1.29 is 13.9 Å². The Morgan fingerprint density at radius 2 is 1.88 bits per heavy atom. The molecule has 0 bridgehead atoms. The molecule has 24 heavy (non-hydrogen) atoms. The lowest BCUT2D eigenvalue weighted by molar-refractivity contribution is 0.104. The van der Waals surface area contributed by atoms with E-state index < -0.39 is 0 Å². The lowest BCUT2D eigenvalue weighted by Gasteiger charge is -1.99. The number of rotatable bonds is 5. The first-order valence-corrected chi connectivity index (χ1v) is 7.76. The fraction of sp³-hybridized carbons (Fsp3) is 0.0500. The van der Waals surface area contributed by atoms with Crippen molar-refractivity contribution in [3.8, 4) is 17.1 Å². The molecule has 3 nitrogen and oxygen atoms in total. The van der Waals surface area contributed by atoms with E-state index >= 15 is 0 Å². The number of allylic oxidation sites excluding steroid dienone is 1. The average molecular weight is 339 g/mol. The Bertz CT molecular complexity index is 876. The molecule has 0 spiro atoms. The zero-order valence-corrected chi connectivity index (χ0v) is 13.8. The number of methoxy groups -OCH3 is 1. The van der Waals surface area contributed by atoms with E-state index in [0.717, 1.165) is 5.56 Å². The number of benzene rings is 2. The standard InChI is InChI=1S/C20H15ClO3/c1-23-17-7-5-14(6-8-17)19(22)11-9-18-10-12-20(24-18)15-3-2-4-16(21)13-15/h2-13H,1H3/b11-9+. The molecular formula is C20H15ClO3. The topological polar surface area (TPSA) is 39.4 Å². The van der Waals surface area contributed by atoms with Gasteiger partial charge in [0.05, 0.1) is 7.11 Å². The van der Waals surface area contributed by atoms with Crippen molar-refractivity contribution in [2.45, 2.75) is 0 Å². The molecule has 0 N–H and O–H groups in total. The Morgan fingerprint density at radius 1 is 1.08 bits per heavy atom. The van der Waals surface area contributed by atoms with E-state index in [1.807, 2.05) is 36.4 Å². The SMILES string of the molecule is COc1ccc(C(=O)/C=C/c2ccc(-c3cccc(Cl)c3)o2)cc1. The minimum atomic E-state index is -0.0987. The summed E-state index contributed by atoms with van der Waals surface area (Å²) < 4.78 is 10.8. The van der Waals surface area contributed by atoms with E-state index in [4.69, 9.17) is 20.8 Å². The van der Waals surface area contributed by atoms with Gasteiger partial charge in [-0.05, 0) is 60.7 Å². The maximum Gasteiger partial charge on any atom is 0.185 e. The summed E-state index contributed by atoms with van der Waals surface area (Å²) in [6, 6.07) is 18.0. The van der Waals surface area contributed by atoms with Crippen molar-refractivity contribution in [3.63, 3.8) is 0 Å². The van der Waals surface area contributed by atoms with Crippen LogP contribution in [-0.4, -0.2) is 12.9 Å². The lowest BCUT2D eigenvalue weighted by atomic mass is 10.1. The zero-order chi connectivity index (χ0) is 16.9. The number of ketones is 1. The summed E-state index contributed by atoms with van der Waals surface area (Å²) in [5.74, 6) is 1.92. The van der Waals surface area contributed by atoms with E-state index in [1.54, 1.807) is 37.5 Å². The molecule has 3 aromatic rings. The monoisotopic (exact) mass is 338 g/mol. The second-order valence-corrected chi connectivity index (χ2v) is 5.57. The number of carbonyl (C=O) groups excluding carboxylic acids is 1. The molecule has 0 aliphatic carbocycles.